The maximum absolute atomic E-state index is 10.9. The van der Waals surface area contributed by atoms with E-state index in [4.69, 9.17) is 5.53 Å². The summed E-state index contributed by atoms with van der Waals surface area (Å²) in [4.78, 5) is 13.6. The number of methoxy groups -OCH3 is 1. The quantitative estimate of drug-likeness (QED) is 0.278. The lowest BCUT2D eigenvalue weighted by atomic mass is 10.2. The molecule has 1 aliphatic rings. The maximum atomic E-state index is 10.9. The highest BCUT2D eigenvalue weighted by Crippen LogP contribution is 2.11. The summed E-state index contributed by atoms with van der Waals surface area (Å²) in [5, 5.41) is 6.40. The van der Waals surface area contributed by atoms with Crippen LogP contribution in [0.5, 0.6) is 0 Å². The summed E-state index contributed by atoms with van der Waals surface area (Å²) in [7, 11) is 1.34. The van der Waals surface area contributed by atoms with Crippen LogP contribution in [0.4, 0.5) is 0 Å². The second-order valence-corrected chi connectivity index (χ2v) is 2.58. The van der Waals surface area contributed by atoms with E-state index in [0.717, 1.165) is 0 Å². The van der Waals surface area contributed by atoms with Crippen molar-refractivity contribution in [2.45, 2.75) is 18.5 Å². The van der Waals surface area contributed by atoms with Crippen molar-refractivity contribution >= 4 is 5.97 Å². The number of carbonyl (C=O) groups is 1. The second-order valence-electron chi connectivity index (χ2n) is 2.58. The molecule has 0 radical (unpaired) electrons. The van der Waals surface area contributed by atoms with Gasteiger partial charge in [-0.3, -0.25) is 4.79 Å². The predicted octanol–water partition coefficient (Wildman–Crippen LogP) is 0.200. The molecule has 1 aliphatic heterocycles. The zero-order valence-electron chi connectivity index (χ0n) is 6.73. The first kappa shape index (κ1) is 8.83. The fraction of sp³-hybridized carbons (Fsp3) is 0.833. The normalized spacial score (nSPS) is 27.8. The Morgan fingerprint density at radius 2 is 2.58 bits per heavy atom. The van der Waals surface area contributed by atoms with Crippen molar-refractivity contribution in [3.05, 3.63) is 10.4 Å². The molecule has 1 N–H and O–H groups in total. The lowest BCUT2D eigenvalue weighted by molar-refractivity contribution is -0.142. The number of nitrogens with one attached hydrogen (secondary N) is 1. The van der Waals surface area contributed by atoms with E-state index in [1.54, 1.807) is 0 Å². The van der Waals surface area contributed by atoms with Gasteiger partial charge in [0.15, 0.2) is 0 Å². The smallest absolute Gasteiger partial charge is 0.322 e. The van der Waals surface area contributed by atoms with E-state index in [2.05, 4.69) is 20.1 Å². The van der Waals surface area contributed by atoms with Crippen molar-refractivity contribution in [2.24, 2.45) is 5.11 Å². The van der Waals surface area contributed by atoms with Crippen LogP contribution in [0.25, 0.3) is 10.4 Å². The Morgan fingerprint density at radius 1 is 1.83 bits per heavy atom. The Morgan fingerprint density at radius 3 is 3.17 bits per heavy atom. The number of rotatable bonds is 2. The van der Waals surface area contributed by atoms with Gasteiger partial charge in [-0.05, 0) is 12.0 Å². The minimum atomic E-state index is -0.314. The van der Waals surface area contributed by atoms with Gasteiger partial charge in [-0.15, -0.1) is 0 Å². The highest BCUT2D eigenvalue weighted by molar-refractivity contribution is 5.76. The van der Waals surface area contributed by atoms with E-state index >= 15 is 0 Å². The van der Waals surface area contributed by atoms with Crippen molar-refractivity contribution in [1.29, 1.82) is 0 Å². The molecule has 0 amide bonds. The third-order valence-corrected chi connectivity index (χ3v) is 1.81. The summed E-state index contributed by atoms with van der Waals surface area (Å²) in [6, 6.07) is -0.440. The van der Waals surface area contributed by atoms with Gasteiger partial charge in [0, 0.05) is 11.5 Å². The molecule has 6 heteroatoms. The molecule has 1 saturated heterocycles. The SMILES string of the molecule is COC(=O)[C@H]1C[C@@H](N=[N+]=[N-])CN1. The Kier molecular flexibility index (Phi) is 2.90. The van der Waals surface area contributed by atoms with Gasteiger partial charge in [-0.1, -0.05) is 5.11 Å². The van der Waals surface area contributed by atoms with Gasteiger partial charge in [0.25, 0.3) is 0 Å². The summed E-state index contributed by atoms with van der Waals surface area (Å²) < 4.78 is 4.52. The molecule has 0 saturated carbocycles. The summed E-state index contributed by atoms with van der Waals surface area (Å²) in [6.07, 6.45) is 0.525. The molecule has 1 heterocycles. The van der Waals surface area contributed by atoms with E-state index in [1.807, 2.05) is 0 Å². The standard InChI is InChI=1S/C6H10N4O2/c1-12-6(11)5-2-4(3-8-5)9-10-7/h4-5,8H,2-3H2,1H3/t4-,5-/m1/s1. The first-order valence-corrected chi connectivity index (χ1v) is 3.63. The number of hydrogen-bond donors (Lipinski definition) is 1. The number of carbonyl (C=O) groups excluding carboxylic acids is 1. The van der Waals surface area contributed by atoms with Crippen LogP contribution in [0.1, 0.15) is 6.42 Å². The molecule has 0 aromatic heterocycles. The molecule has 0 spiro atoms. The van der Waals surface area contributed by atoms with Gasteiger partial charge in [-0.25, -0.2) is 0 Å². The molecule has 1 fully saturated rings. The molecular formula is C6H10N4O2. The lowest BCUT2D eigenvalue weighted by Gasteiger charge is -2.05. The van der Waals surface area contributed by atoms with E-state index in [1.165, 1.54) is 7.11 Å². The molecule has 0 aliphatic carbocycles. The van der Waals surface area contributed by atoms with Crippen LogP contribution in [0.2, 0.25) is 0 Å². The molecule has 66 valence electrons. The van der Waals surface area contributed by atoms with Gasteiger partial charge >= 0.3 is 5.97 Å². The average Bonchev–Trinajstić information content (AvgIpc) is 2.52. The molecular weight excluding hydrogens is 160 g/mol. The summed E-state index contributed by atoms with van der Waals surface area (Å²) in [5.74, 6) is -0.300. The minimum Gasteiger partial charge on any atom is -0.468 e. The van der Waals surface area contributed by atoms with Crippen LogP contribution in [0.3, 0.4) is 0 Å². The molecule has 0 bridgehead atoms. The van der Waals surface area contributed by atoms with Crippen molar-refractivity contribution in [3.8, 4) is 0 Å². The van der Waals surface area contributed by atoms with Crippen molar-refractivity contribution in [2.75, 3.05) is 13.7 Å². The van der Waals surface area contributed by atoms with Crippen LogP contribution in [0.15, 0.2) is 5.11 Å². The molecule has 2 atom stereocenters. The first-order chi connectivity index (χ1) is 5.77. The zero-order valence-corrected chi connectivity index (χ0v) is 6.73. The van der Waals surface area contributed by atoms with Crippen molar-refractivity contribution in [1.82, 2.24) is 5.32 Å². The average molecular weight is 170 g/mol. The summed E-state index contributed by atoms with van der Waals surface area (Å²) in [5.41, 5.74) is 8.12. The van der Waals surface area contributed by atoms with E-state index in [0.29, 0.717) is 13.0 Å². The Bertz CT molecular complexity index is 224. The van der Waals surface area contributed by atoms with Gasteiger partial charge < -0.3 is 10.1 Å². The third-order valence-electron chi connectivity index (χ3n) is 1.81. The summed E-state index contributed by atoms with van der Waals surface area (Å²) >= 11 is 0. The van der Waals surface area contributed by atoms with E-state index in [-0.39, 0.29) is 18.1 Å². The van der Waals surface area contributed by atoms with Crippen LogP contribution < -0.4 is 5.32 Å². The Hall–Kier alpha value is -1.26. The van der Waals surface area contributed by atoms with Gasteiger partial charge in [0.05, 0.1) is 13.2 Å². The van der Waals surface area contributed by atoms with Crippen LogP contribution in [0, 0.1) is 0 Å². The van der Waals surface area contributed by atoms with Gasteiger partial charge in [-0.2, -0.15) is 0 Å². The van der Waals surface area contributed by atoms with E-state index in [9.17, 15) is 4.79 Å². The van der Waals surface area contributed by atoms with Crippen LogP contribution >= 0.6 is 0 Å². The molecule has 0 unspecified atom stereocenters. The van der Waals surface area contributed by atoms with Crippen molar-refractivity contribution < 1.29 is 9.53 Å². The van der Waals surface area contributed by atoms with E-state index < -0.39 is 0 Å². The van der Waals surface area contributed by atoms with Crippen LogP contribution in [-0.4, -0.2) is 31.7 Å². The van der Waals surface area contributed by atoms with Gasteiger partial charge in [0.1, 0.15) is 6.04 Å². The molecule has 0 aromatic carbocycles. The van der Waals surface area contributed by atoms with Crippen LogP contribution in [-0.2, 0) is 9.53 Å². The second kappa shape index (κ2) is 3.94. The number of esters is 1. The monoisotopic (exact) mass is 170 g/mol. The largest absolute Gasteiger partial charge is 0.468 e. The molecule has 1 rings (SSSR count). The predicted molar refractivity (Wildman–Crippen MR) is 41.4 cm³/mol. The highest BCUT2D eigenvalue weighted by atomic mass is 16.5. The Labute approximate surface area is 69.5 Å². The fourth-order valence-corrected chi connectivity index (χ4v) is 1.20. The molecule has 0 aromatic rings. The number of ether oxygens (including phenoxy) is 1. The molecule has 12 heavy (non-hydrogen) atoms. The number of hydrogen-bond acceptors (Lipinski definition) is 4. The molecule has 6 nitrogen and oxygen atoms in total. The minimum absolute atomic E-state index is 0.126. The zero-order chi connectivity index (χ0) is 8.97. The number of azide groups is 1. The highest BCUT2D eigenvalue weighted by Gasteiger charge is 2.29. The Balaban J connectivity index is 2.45. The maximum Gasteiger partial charge on any atom is 0.322 e. The topological polar surface area (TPSA) is 87.1 Å². The van der Waals surface area contributed by atoms with Gasteiger partial charge in [0.2, 0.25) is 0 Å². The third kappa shape index (κ3) is 1.87. The number of nitrogens with zero attached hydrogens (tertiary/aromatic N) is 3. The lowest BCUT2D eigenvalue weighted by Crippen LogP contribution is -2.31. The first-order valence-electron chi connectivity index (χ1n) is 3.63. The summed E-state index contributed by atoms with van der Waals surface area (Å²) in [6.45, 7) is 0.545. The fourth-order valence-electron chi connectivity index (χ4n) is 1.20. The van der Waals surface area contributed by atoms with Crippen molar-refractivity contribution in [3.63, 3.8) is 0 Å².